The van der Waals surface area contributed by atoms with Gasteiger partial charge < -0.3 is 10.1 Å². The Kier molecular flexibility index (Phi) is 6.54. The van der Waals surface area contributed by atoms with Crippen LogP contribution in [0, 0.1) is 6.92 Å². The number of unbranched alkanes of at least 4 members (excludes halogenated alkanes) is 1. The first-order valence-electron chi connectivity index (χ1n) is 7.76. The summed E-state index contributed by atoms with van der Waals surface area (Å²) in [6.07, 6.45) is 3.53. The number of benzene rings is 1. The molecule has 1 aromatic carbocycles. The summed E-state index contributed by atoms with van der Waals surface area (Å²) in [6.45, 7) is 11.9. The Morgan fingerprint density at radius 1 is 1.20 bits per heavy atom. The second kappa shape index (κ2) is 7.68. The molecule has 2 nitrogen and oxygen atoms in total. The third-order valence-electron chi connectivity index (χ3n) is 3.72. The molecule has 0 aromatic heterocycles. The van der Waals surface area contributed by atoms with Crippen LogP contribution in [0.4, 0.5) is 0 Å². The summed E-state index contributed by atoms with van der Waals surface area (Å²) in [5.41, 5.74) is 2.73. The van der Waals surface area contributed by atoms with Gasteiger partial charge in [0.25, 0.3) is 0 Å². The molecule has 0 radical (unpaired) electrons. The van der Waals surface area contributed by atoms with Crippen molar-refractivity contribution in [3.05, 3.63) is 29.3 Å². The second-order valence-corrected chi connectivity index (χ2v) is 6.78. The zero-order valence-electron chi connectivity index (χ0n) is 14.0. The molecule has 1 aromatic rings. The molecule has 0 saturated heterocycles. The molecular weight excluding hydrogens is 246 g/mol. The lowest BCUT2D eigenvalue weighted by molar-refractivity contribution is 0.294. The molecule has 1 atom stereocenters. The summed E-state index contributed by atoms with van der Waals surface area (Å²) in [5, 5.41) is 3.27. The Bertz CT molecular complexity index is 406. The van der Waals surface area contributed by atoms with Crippen LogP contribution >= 0.6 is 0 Å². The van der Waals surface area contributed by atoms with E-state index in [0.717, 1.165) is 18.8 Å². The van der Waals surface area contributed by atoms with E-state index < -0.39 is 0 Å². The monoisotopic (exact) mass is 277 g/mol. The summed E-state index contributed by atoms with van der Waals surface area (Å²) < 4.78 is 6.01. The van der Waals surface area contributed by atoms with Crippen molar-refractivity contribution in [1.82, 2.24) is 5.32 Å². The van der Waals surface area contributed by atoms with E-state index in [0.29, 0.717) is 6.04 Å². The molecule has 20 heavy (non-hydrogen) atoms. The van der Waals surface area contributed by atoms with Crippen LogP contribution < -0.4 is 10.1 Å². The van der Waals surface area contributed by atoms with Crippen molar-refractivity contribution in [3.8, 4) is 5.75 Å². The highest BCUT2D eigenvalue weighted by atomic mass is 16.5. The third kappa shape index (κ3) is 5.54. The molecule has 0 heterocycles. The standard InChI is InChI=1S/C18H31NO/c1-14-10-11-17(16(13-14)18(3,4)5)20-12-8-7-9-15(2)19-6/h10-11,13,15,19H,7-9,12H2,1-6H3. The van der Waals surface area contributed by atoms with E-state index in [-0.39, 0.29) is 5.41 Å². The number of rotatable bonds is 7. The minimum absolute atomic E-state index is 0.127. The first-order chi connectivity index (χ1) is 9.34. The lowest BCUT2D eigenvalue weighted by Crippen LogP contribution is -2.20. The van der Waals surface area contributed by atoms with Crippen LogP contribution in [0.25, 0.3) is 0 Å². The van der Waals surface area contributed by atoms with Gasteiger partial charge in [-0.05, 0) is 57.2 Å². The van der Waals surface area contributed by atoms with Crippen molar-refractivity contribution >= 4 is 0 Å². The normalized spacial score (nSPS) is 13.3. The van der Waals surface area contributed by atoms with E-state index in [2.05, 4.69) is 58.1 Å². The van der Waals surface area contributed by atoms with Crippen molar-refractivity contribution in [2.45, 2.75) is 65.3 Å². The van der Waals surface area contributed by atoms with Gasteiger partial charge in [-0.1, -0.05) is 38.5 Å². The van der Waals surface area contributed by atoms with Crippen LogP contribution in [0.1, 0.15) is 58.1 Å². The Hall–Kier alpha value is -1.02. The smallest absolute Gasteiger partial charge is 0.123 e. The molecule has 0 aliphatic carbocycles. The van der Waals surface area contributed by atoms with Gasteiger partial charge in [-0.2, -0.15) is 0 Å². The van der Waals surface area contributed by atoms with Crippen molar-refractivity contribution in [2.75, 3.05) is 13.7 Å². The minimum Gasteiger partial charge on any atom is -0.493 e. The van der Waals surface area contributed by atoms with Crippen LogP contribution in [-0.4, -0.2) is 19.7 Å². The molecule has 1 N–H and O–H groups in total. The topological polar surface area (TPSA) is 21.3 Å². The first kappa shape index (κ1) is 17.0. The average molecular weight is 277 g/mol. The summed E-state index contributed by atoms with van der Waals surface area (Å²) >= 11 is 0. The highest BCUT2D eigenvalue weighted by molar-refractivity contribution is 5.41. The predicted molar refractivity (Wildman–Crippen MR) is 87.7 cm³/mol. The van der Waals surface area contributed by atoms with E-state index in [4.69, 9.17) is 4.74 Å². The van der Waals surface area contributed by atoms with E-state index in [9.17, 15) is 0 Å². The third-order valence-corrected chi connectivity index (χ3v) is 3.72. The molecule has 0 aliphatic rings. The maximum atomic E-state index is 6.01. The Labute approximate surface area is 124 Å². The van der Waals surface area contributed by atoms with Crippen LogP contribution in [0.3, 0.4) is 0 Å². The van der Waals surface area contributed by atoms with Crippen LogP contribution in [0.15, 0.2) is 18.2 Å². The molecule has 1 unspecified atom stereocenters. The fourth-order valence-corrected chi connectivity index (χ4v) is 2.23. The van der Waals surface area contributed by atoms with Gasteiger partial charge in [0.05, 0.1) is 6.61 Å². The van der Waals surface area contributed by atoms with Gasteiger partial charge in [0.1, 0.15) is 5.75 Å². The van der Waals surface area contributed by atoms with Crippen LogP contribution in [-0.2, 0) is 5.41 Å². The lowest BCUT2D eigenvalue weighted by Gasteiger charge is -2.23. The molecule has 2 heteroatoms. The number of hydrogen-bond donors (Lipinski definition) is 1. The van der Waals surface area contributed by atoms with Crippen LogP contribution in [0.5, 0.6) is 5.75 Å². The van der Waals surface area contributed by atoms with E-state index in [1.165, 1.54) is 24.0 Å². The SMILES string of the molecule is CNC(C)CCCCOc1ccc(C)cc1C(C)(C)C. The van der Waals surface area contributed by atoms with Crippen molar-refractivity contribution in [2.24, 2.45) is 0 Å². The van der Waals surface area contributed by atoms with Gasteiger partial charge in [-0.3, -0.25) is 0 Å². The molecule has 1 rings (SSSR count). The average Bonchev–Trinajstić information content (AvgIpc) is 2.38. The van der Waals surface area contributed by atoms with E-state index >= 15 is 0 Å². The fraction of sp³-hybridized carbons (Fsp3) is 0.667. The Morgan fingerprint density at radius 3 is 2.50 bits per heavy atom. The molecule has 0 fully saturated rings. The molecule has 0 amide bonds. The highest BCUT2D eigenvalue weighted by Crippen LogP contribution is 2.32. The summed E-state index contributed by atoms with van der Waals surface area (Å²) in [6, 6.07) is 7.09. The van der Waals surface area contributed by atoms with Gasteiger partial charge in [0.15, 0.2) is 0 Å². The molecule has 0 spiro atoms. The van der Waals surface area contributed by atoms with Gasteiger partial charge >= 0.3 is 0 Å². The number of ether oxygens (including phenoxy) is 1. The predicted octanol–water partition coefficient (Wildman–Crippen LogP) is 4.45. The summed E-state index contributed by atoms with van der Waals surface area (Å²) in [5.74, 6) is 1.05. The van der Waals surface area contributed by atoms with Gasteiger partial charge in [0, 0.05) is 6.04 Å². The molecule has 0 saturated carbocycles. The first-order valence-corrected chi connectivity index (χ1v) is 7.76. The lowest BCUT2D eigenvalue weighted by atomic mass is 9.85. The Morgan fingerprint density at radius 2 is 1.90 bits per heavy atom. The number of nitrogens with one attached hydrogen (secondary N) is 1. The molecule has 114 valence electrons. The van der Waals surface area contributed by atoms with Crippen LogP contribution in [0.2, 0.25) is 0 Å². The second-order valence-electron chi connectivity index (χ2n) is 6.78. The Balaban J connectivity index is 2.52. The fourth-order valence-electron chi connectivity index (χ4n) is 2.23. The van der Waals surface area contributed by atoms with Crippen molar-refractivity contribution in [3.63, 3.8) is 0 Å². The quantitative estimate of drug-likeness (QED) is 0.743. The summed E-state index contributed by atoms with van der Waals surface area (Å²) in [7, 11) is 2.02. The van der Waals surface area contributed by atoms with Crippen molar-refractivity contribution in [1.29, 1.82) is 0 Å². The zero-order chi connectivity index (χ0) is 15.2. The summed E-state index contributed by atoms with van der Waals surface area (Å²) in [4.78, 5) is 0. The van der Waals surface area contributed by atoms with Gasteiger partial charge in [-0.25, -0.2) is 0 Å². The maximum Gasteiger partial charge on any atom is 0.123 e. The van der Waals surface area contributed by atoms with Gasteiger partial charge in [-0.15, -0.1) is 0 Å². The van der Waals surface area contributed by atoms with Gasteiger partial charge in [0.2, 0.25) is 0 Å². The maximum absolute atomic E-state index is 6.01. The molecule has 0 bridgehead atoms. The van der Waals surface area contributed by atoms with Crippen molar-refractivity contribution < 1.29 is 4.74 Å². The zero-order valence-corrected chi connectivity index (χ0v) is 14.0. The number of aryl methyl sites for hydroxylation is 1. The largest absolute Gasteiger partial charge is 0.493 e. The van der Waals surface area contributed by atoms with E-state index in [1.807, 2.05) is 7.05 Å². The highest BCUT2D eigenvalue weighted by Gasteiger charge is 2.19. The molecule has 0 aliphatic heterocycles. The van der Waals surface area contributed by atoms with E-state index in [1.54, 1.807) is 0 Å². The number of hydrogen-bond acceptors (Lipinski definition) is 2. The minimum atomic E-state index is 0.127. The molecular formula is C18H31NO.